The highest BCUT2D eigenvalue weighted by Crippen LogP contribution is 2.33. The van der Waals surface area contributed by atoms with Gasteiger partial charge < -0.3 is 19.6 Å². The highest BCUT2D eigenvalue weighted by Gasteiger charge is 2.18. The predicted molar refractivity (Wildman–Crippen MR) is 114 cm³/mol. The third kappa shape index (κ3) is 4.59. The Morgan fingerprint density at radius 2 is 1.87 bits per heavy atom. The first-order valence-corrected chi connectivity index (χ1v) is 9.84. The van der Waals surface area contributed by atoms with Crippen LogP contribution in [-0.4, -0.2) is 41.7 Å². The van der Waals surface area contributed by atoms with Crippen molar-refractivity contribution in [2.75, 3.05) is 19.5 Å². The van der Waals surface area contributed by atoms with Crippen LogP contribution in [0.4, 0.5) is 5.69 Å². The van der Waals surface area contributed by atoms with Gasteiger partial charge in [-0.05, 0) is 25.0 Å². The molecule has 1 aliphatic carbocycles. The SMILES string of the molecule is C=O.COc1cncc(C(=O)Nc2cc3cn(C4CCCCC4)nc3cc2OC)c1. The number of methoxy groups -OCH3 is 2. The number of fused-ring (bicyclic) bond motifs is 1. The van der Waals surface area contributed by atoms with Crippen LogP contribution >= 0.6 is 0 Å². The molecule has 1 aliphatic rings. The van der Waals surface area contributed by atoms with E-state index in [0.29, 0.717) is 28.8 Å². The molecule has 1 aromatic carbocycles. The molecule has 0 spiro atoms. The lowest BCUT2D eigenvalue weighted by Gasteiger charge is -2.21. The quantitative estimate of drug-likeness (QED) is 0.683. The Hall–Kier alpha value is -3.42. The molecule has 0 saturated heterocycles. The maximum Gasteiger partial charge on any atom is 0.257 e. The lowest BCUT2D eigenvalue weighted by atomic mass is 9.96. The summed E-state index contributed by atoms with van der Waals surface area (Å²) in [7, 11) is 3.13. The van der Waals surface area contributed by atoms with E-state index in [-0.39, 0.29) is 5.91 Å². The molecule has 0 unspecified atom stereocenters. The molecule has 1 saturated carbocycles. The largest absolute Gasteiger partial charge is 0.495 e. The Kier molecular flexibility index (Phi) is 7.00. The predicted octanol–water partition coefficient (Wildman–Crippen LogP) is 4.02. The van der Waals surface area contributed by atoms with Crippen LogP contribution in [0.5, 0.6) is 11.5 Å². The molecule has 0 atom stereocenters. The lowest BCUT2D eigenvalue weighted by Crippen LogP contribution is -2.13. The summed E-state index contributed by atoms with van der Waals surface area (Å²) in [5.74, 6) is 0.832. The van der Waals surface area contributed by atoms with E-state index in [9.17, 15) is 4.79 Å². The van der Waals surface area contributed by atoms with Gasteiger partial charge in [-0.3, -0.25) is 14.5 Å². The Balaban J connectivity index is 0.00000124. The van der Waals surface area contributed by atoms with Crippen LogP contribution in [0.15, 0.2) is 36.8 Å². The number of nitrogens with zero attached hydrogens (tertiary/aromatic N) is 3. The molecule has 0 aliphatic heterocycles. The van der Waals surface area contributed by atoms with E-state index in [1.807, 2.05) is 18.9 Å². The van der Waals surface area contributed by atoms with E-state index in [1.165, 1.54) is 25.5 Å². The van der Waals surface area contributed by atoms with Crippen LogP contribution in [-0.2, 0) is 4.79 Å². The molecule has 1 fully saturated rings. The third-order valence-electron chi connectivity index (χ3n) is 5.25. The minimum atomic E-state index is -0.274. The van der Waals surface area contributed by atoms with Crippen molar-refractivity contribution in [3.05, 3.63) is 42.4 Å². The number of ether oxygens (including phenoxy) is 2. The van der Waals surface area contributed by atoms with E-state index in [1.54, 1.807) is 26.5 Å². The Morgan fingerprint density at radius 3 is 2.57 bits per heavy atom. The number of benzene rings is 1. The van der Waals surface area contributed by atoms with E-state index in [0.717, 1.165) is 23.7 Å². The van der Waals surface area contributed by atoms with Crippen LogP contribution in [0.3, 0.4) is 0 Å². The van der Waals surface area contributed by atoms with Gasteiger partial charge in [0.2, 0.25) is 0 Å². The van der Waals surface area contributed by atoms with Crippen molar-refractivity contribution >= 4 is 29.3 Å². The summed E-state index contributed by atoms with van der Waals surface area (Å²) in [4.78, 5) is 24.7. The number of aromatic nitrogens is 3. The standard InChI is InChI=1S/C21H24N4O3.CH2O/c1-27-17-8-14(11-22-12-17)21(26)23-19-9-15-13-25(16-6-4-3-5-7-16)24-18(15)10-20(19)28-2;1-2/h8-13,16H,3-7H2,1-2H3,(H,23,26);1H2. The fraction of sp³-hybridized carbons (Fsp3) is 0.364. The maximum absolute atomic E-state index is 12.7. The van der Waals surface area contributed by atoms with Gasteiger partial charge in [0.15, 0.2) is 0 Å². The highest BCUT2D eigenvalue weighted by molar-refractivity contribution is 6.06. The number of amides is 1. The molecular formula is C22H26N4O4. The number of hydrogen-bond donors (Lipinski definition) is 1. The number of carbonyl (C=O) groups excluding carboxylic acids is 2. The fourth-order valence-electron chi connectivity index (χ4n) is 3.72. The van der Waals surface area contributed by atoms with Crippen molar-refractivity contribution in [3.8, 4) is 11.5 Å². The van der Waals surface area contributed by atoms with Crippen LogP contribution in [0.25, 0.3) is 10.9 Å². The minimum absolute atomic E-state index is 0.274. The first-order chi connectivity index (χ1) is 14.7. The van der Waals surface area contributed by atoms with Gasteiger partial charge in [0.25, 0.3) is 5.91 Å². The van der Waals surface area contributed by atoms with Gasteiger partial charge in [-0.2, -0.15) is 5.10 Å². The van der Waals surface area contributed by atoms with Crippen LogP contribution in [0.1, 0.15) is 48.5 Å². The first-order valence-electron chi connectivity index (χ1n) is 9.84. The first kappa shape index (κ1) is 21.3. The Bertz CT molecular complexity index is 1010. The summed E-state index contributed by atoms with van der Waals surface area (Å²) in [6.07, 6.45) is 11.3. The van der Waals surface area contributed by atoms with E-state index in [2.05, 4.69) is 21.2 Å². The molecular weight excluding hydrogens is 384 g/mol. The molecule has 158 valence electrons. The van der Waals surface area contributed by atoms with Crippen molar-refractivity contribution in [3.63, 3.8) is 0 Å². The minimum Gasteiger partial charge on any atom is -0.495 e. The molecule has 30 heavy (non-hydrogen) atoms. The van der Waals surface area contributed by atoms with Crippen molar-refractivity contribution in [1.82, 2.24) is 14.8 Å². The zero-order chi connectivity index (χ0) is 21.5. The molecule has 0 bridgehead atoms. The number of pyridine rings is 1. The number of nitrogens with one attached hydrogen (secondary N) is 1. The Morgan fingerprint density at radius 1 is 1.10 bits per heavy atom. The van der Waals surface area contributed by atoms with Crippen LogP contribution < -0.4 is 14.8 Å². The monoisotopic (exact) mass is 410 g/mol. The second-order valence-corrected chi connectivity index (χ2v) is 7.08. The van der Waals surface area contributed by atoms with E-state index in [4.69, 9.17) is 19.4 Å². The lowest BCUT2D eigenvalue weighted by molar-refractivity contribution is -0.0980. The Labute approximate surface area is 175 Å². The molecule has 1 N–H and O–H groups in total. The molecule has 8 nitrogen and oxygen atoms in total. The summed E-state index contributed by atoms with van der Waals surface area (Å²) < 4.78 is 12.7. The van der Waals surface area contributed by atoms with Gasteiger partial charge >= 0.3 is 0 Å². The van der Waals surface area contributed by atoms with E-state index < -0.39 is 0 Å². The van der Waals surface area contributed by atoms with Gasteiger partial charge in [0.05, 0.1) is 43.2 Å². The van der Waals surface area contributed by atoms with Crippen LogP contribution in [0, 0.1) is 0 Å². The fourth-order valence-corrected chi connectivity index (χ4v) is 3.72. The summed E-state index contributed by atoms with van der Waals surface area (Å²) >= 11 is 0. The average molecular weight is 410 g/mol. The molecule has 4 rings (SSSR count). The maximum atomic E-state index is 12.7. The highest BCUT2D eigenvalue weighted by atomic mass is 16.5. The molecule has 3 aromatic rings. The summed E-state index contributed by atoms with van der Waals surface area (Å²) in [6.45, 7) is 2.00. The summed E-state index contributed by atoms with van der Waals surface area (Å²) in [6, 6.07) is 5.88. The van der Waals surface area contributed by atoms with Crippen molar-refractivity contribution in [2.45, 2.75) is 38.1 Å². The number of hydrogen-bond acceptors (Lipinski definition) is 6. The van der Waals surface area contributed by atoms with Crippen molar-refractivity contribution in [1.29, 1.82) is 0 Å². The molecule has 2 heterocycles. The zero-order valence-corrected chi connectivity index (χ0v) is 17.3. The van der Waals surface area contributed by atoms with Gasteiger partial charge in [0, 0.05) is 23.8 Å². The van der Waals surface area contributed by atoms with Gasteiger partial charge in [-0.1, -0.05) is 19.3 Å². The molecule has 2 aromatic heterocycles. The van der Waals surface area contributed by atoms with Crippen molar-refractivity contribution < 1.29 is 19.1 Å². The second-order valence-electron chi connectivity index (χ2n) is 7.08. The summed E-state index contributed by atoms with van der Waals surface area (Å²) in [5, 5.41) is 8.63. The topological polar surface area (TPSA) is 95.3 Å². The van der Waals surface area contributed by atoms with Gasteiger partial charge in [-0.25, -0.2) is 0 Å². The zero-order valence-electron chi connectivity index (χ0n) is 17.3. The molecule has 1 amide bonds. The third-order valence-corrected chi connectivity index (χ3v) is 5.25. The van der Waals surface area contributed by atoms with E-state index >= 15 is 0 Å². The van der Waals surface area contributed by atoms with Crippen LogP contribution in [0.2, 0.25) is 0 Å². The van der Waals surface area contributed by atoms with Crippen molar-refractivity contribution in [2.24, 2.45) is 0 Å². The second kappa shape index (κ2) is 9.87. The number of carbonyl (C=O) groups is 2. The number of rotatable bonds is 5. The smallest absolute Gasteiger partial charge is 0.257 e. The molecule has 8 heteroatoms. The van der Waals surface area contributed by atoms with Gasteiger partial charge in [-0.15, -0.1) is 0 Å². The number of anilines is 1. The average Bonchev–Trinajstić information content (AvgIpc) is 3.23. The normalized spacial score (nSPS) is 13.9. The van der Waals surface area contributed by atoms with Gasteiger partial charge in [0.1, 0.15) is 18.3 Å². The molecule has 0 radical (unpaired) electrons. The summed E-state index contributed by atoms with van der Waals surface area (Å²) in [5.41, 5.74) is 1.88.